The first-order valence-corrected chi connectivity index (χ1v) is 15.0. The summed E-state index contributed by atoms with van der Waals surface area (Å²) < 4.78 is 0. The number of aliphatic carboxylic acids is 1. The Bertz CT molecular complexity index is 1210. The lowest BCUT2D eigenvalue weighted by molar-refractivity contribution is -0.144. The average Bonchev–Trinajstić information content (AvgIpc) is 3.52. The highest BCUT2D eigenvalue weighted by molar-refractivity contribution is 7.13. The van der Waals surface area contributed by atoms with Crippen LogP contribution < -0.4 is 10.6 Å². The maximum atomic E-state index is 13.7. The number of carboxylic acid groups (broad SMARTS) is 1. The number of hydrogen-bond acceptors (Lipinski definition) is 7. The molecular weight excluding hydrogens is 544 g/mol. The lowest BCUT2D eigenvalue weighted by atomic mass is 9.85. The predicted octanol–water partition coefficient (Wildman–Crippen LogP) is 3.65. The smallest absolute Gasteiger partial charge is 0.303 e. The van der Waals surface area contributed by atoms with Crippen molar-refractivity contribution in [3.63, 3.8) is 0 Å². The van der Waals surface area contributed by atoms with Crippen molar-refractivity contribution in [1.29, 1.82) is 0 Å². The Morgan fingerprint density at radius 1 is 1.07 bits per heavy atom. The molecule has 1 aromatic carbocycles. The first-order chi connectivity index (χ1) is 19.4. The zero-order valence-electron chi connectivity index (χ0n) is 24.3. The van der Waals surface area contributed by atoms with Crippen LogP contribution in [0.15, 0.2) is 29.8 Å². The van der Waals surface area contributed by atoms with Crippen molar-refractivity contribution in [3.8, 4) is 10.4 Å². The molecule has 224 valence electrons. The zero-order valence-corrected chi connectivity index (χ0v) is 25.1. The second-order valence-corrected chi connectivity index (χ2v) is 12.6. The Morgan fingerprint density at radius 2 is 1.73 bits per heavy atom. The average molecular weight is 587 g/mol. The minimum Gasteiger partial charge on any atom is -0.481 e. The fourth-order valence-electron chi connectivity index (χ4n) is 4.93. The van der Waals surface area contributed by atoms with Gasteiger partial charge in [-0.05, 0) is 36.3 Å². The number of nitrogens with one attached hydrogen (secondary N) is 2. The highest BCUT2D eigenvalue weighted by Gasteiger charge is 2.44. The van der Waals surface area contributed by atoms with E-state index in [-0.39, 0.29) is 44.2 Å². The summed E-state index contributed by atoms with van der Waals surface area (Å²) in [6.07, 6.45) is 2.24. The molecule has 11 heteroatoms. The number of unbranched alkanes of at least 4 members (excludes halogenated alkanes) is 3. The Balaban J connectivity index is 1.58. The number of β-amino-alcohol motifs (C(OH)–C–C–N with tert-alkyl or cyclic N) is 1. The first-order valence-electron chi connectivity index (χ1n) is 14.1. The summed E-state index contributed by atoms with van der Waals surface area (Å²) in [5.74, 6) is -1.84. The number of amides is 3. The highest BCUT2D eigenvalue weighted by Crippen LogP contribution is 2.28. The number of rotatable bonds is 13. The maximum absolute atomic E-state index is 13.7. The van der Waals surface area contributed by atoms with E-state index in [4.69, 9.17) is 5.11 Å². The zero-order chi connectivity index (χ0) is 30.2. The predicted molar refractivity (Wildman–Crippen MR) is 157 cm³/mol. The Hall–Kier alpha value is -3.31. The van der Waals surface area contributed by atoms with E-state index < -0.39 is 35.5 Å². The molecule has 2 heterocycles. The number of hydrogen-bond donors (Lipinski definition) is 4. The number of benzene rings is 1. The second-order valence-electron chi connectivity index (χ2n) is 11.8. The van der Waals surface area contributed by atoms with E-state index >= 15 is 0 Å². The molecule has 41 heavy (non-hydrogen) atoms. The monoisotopic (exact) mass is 586 g/mol. The van der Waals surface area contributed by atoms with Gasteiger partial charge in [0.05, 0.1) is 22.2 Å². The number of aliphatic hydroxyl groups excluding tert-OH is 1. The van der Waals surface area contributed by atoms with Crippen molar-refractivity contribution in [2.75, 3.05) is 6.54 Å². The first kappa shape index (κ1) is 32.2. The van der Waals surface area contributed by atoms with E-state index in [1.54, 1.807) is 11.3 Å². The van der Waals surface area contributed by atoms with Gasteiger partial charge < -0.3 is 25.7 Å². The lowest BCUT2D eigenvalue weighted by Crippen LogP contribution is -2.57. The molecule has 1 aliphatic heterocycles. The van der Waals surface area contributed by atoms with Crippen LogP contribution in [0.25, 0.3) is 10.4 Å². The Labute approximate surface area is 245 Å². The van der Waals surface area contributed by atoms with E-state index in [1.165, 1.54) is 4.90 Å². The largest absolute Gasteiger partial charge is 0.481 e. The Morgan fingerprint density at radius 3 is 2.32 bits per heavy atom. The van der Waals surface area contributed by atoms with Crippen LogP contribution in [-0.2, 0) is 25.7 Å². The van der Waals surface area contributed by atoms with Crippen LogP contribution in [0.4, 0.5) is 0 Å². The molecule has 4 N–H and O–H groups in total. The summed E-state index contributed by atoms with van der Waals surface area (Å²) in [4.78, 5) is 57.0. The third kappa shape index (κ3) is 9.36. The van der Waals surface area contributed by atoms with Crippen LogP contribution in [0.1, 0.15) is 77.0 Å². The molecular formula is C30H42N4O6S. The number of carbonyl (C=O) groups is 4. The fraction of sp³-hybridized carbons (Fsp3) is 0.567. The number of likely N-dealkylation sites (tertiary alicyclic amines) is 1. The maximum Gasteiger partial charge on any atom is 0.303 e. The van der Waals surface area contributed by atoms with Crippen LogP contribution in [0, 0.1) is 12.3 Å². The quantitative estimate of drug-likeness (QED) is 0.262. The third-order valence-corrected chi connectivity index (χ3v) is 8.23. The van der Waals surface area contributed by atoms with Crippen molar-refractivity contribution in [2.45, 2.75) is 97.4 Å². The van der Waals surface area contributed by atoms with Gasteiger partial charge in [0.15, 0.2) is 0 Å². The van der Waals surface area contributed by atoms with Crippen molar-refractivity contribution < 1.29 is 29.4 Å². The van der Waals surface area contributed by atoms with Crippen molar-refractivity contribution in [3.05, 3.63) is 41.0 Å². The summed E-state index contributed by atoms with van der Waals surface area (Å²) in [6, 6.07) is 6.16. The summed E-state index contributed by atoms with van der Waals surface area (Å²) in [7, 11) is 0. The molecule has 3 atom stereocenters. The third-order valence-electron chi connectivity index (χ3n) is 7.26. The molecule has 1 aromatic heterocycles. The van der Waals surface area contributed by atoms with Crippen LogP contribution in [0.3, 0.4) is 0 Å². The highest BCUT2D eigenvalue weighted by atomic mass is 32.1. The molecule has 1 fully saturated rings. The Kier molecular flexibility index (Phi) is 11.4. The van der Waals surface area contributed by atoms with Crippen molar-refractivity contribution in [2.24, 2.45) is 5.41 Å². The molecule has 2 aromatic rings. The van der Waals surface area contributed by atoms with Gasteiger partial charge in [0.25, 0.3) is 0 Å². The van der Waals surface area contributed by atoms with Gasteiger partial charge in [0.2, 0.25) is 17.7 Å². The molecule has 0 radical (unpaired) electrons. The van der Waals surface area contributed by atoms with Crippen LogP contribution in [0.2, 0.25) is 0 Å². The van der Waals surface area contributed by atoms with Gasteiger partial charge in [-0.2, -0.15) is 0 Å². The standard InChI is InChI=1S/C30H42N4O6S/c1-19-26(41-18-32-19)21-13-11-20(12-14-21)16-31-28(39)23-15-22(35)17-34(23)29(40)27(30(2,3)4)33-24(36)9-7-5-6-8-10-25(37)38/h11-14,18,22-23,27,35H,5-10,15-17H2,1-4H3,(H,31,39)(H,33,36)(H,37,38)/t22-,23+,27+/m1/s1. The van der Waals surface area contributed by atoms with Crippen LogP contribution >= 0.6 is 11.3 Å². The minimum atomic E-state index is -0.870. The molecule has 0 bridgehead atoms. The molecule has 3 rings (SSSR count). The molecule has 3 amide bonds. The molecule has 1 saturated heterocycles. The van der Waals surface area contributed by atoms with Gasteiger partial charge in [-0.1, -0.05) is 57.9 Å². The molecule has 1 aliphatic rings. The number of carbonyl (C=O) groups excluding carboxylic acids is 3. The summed E-state index contributed by atoms with van der Waals surface area (Å²) in [6.45, 7) is 7.81. The molecule has 0 saturated carbocycles. The van der Waals surface area contributed by atoms with Gasteiger partial charge in [-0.25, -0.2) is 4.98 Å². The fourth-order valence-corrected chi connectivity index (χ4v) is 5.74. The number of aliphatic hydroxyl groups is 1. The van der Waals surface area contributed by atoms with Gasteiger partial charge in [0.1, 0.15) is 12.1 Å². The SMILES string of the molecule is Cc1ncsc1-c1ccc(CNC(=O)[C@@H]2C[C@@H](O)CN2C(=O)[C@H](NC(=O)CCCCCCC(=O)O)C(C)(C)C)cc1. The number of thiazole rings is 1. The molecule has 0 aliphatic carbocycles. The van der Waals surface area contributed by atoms with Crippen LogP contribution in [0.5, 0.6) is 0 Å². The van der Waals surface area contributed by atoms with E-state index in [2.05, 4.69) is 15.6 Å². The second kappa shape index (κ2) is 14.5. The number of aromatic nitrogens is 1. The molecule has 0 unspecified atom stereocenters. The van der Waals surface area contributed by atoms with Gasteiger partial charge >= 0.3 is 5.97 Å². The summed E-state index contributed by atoms with van der Waals surface area (Å²) >= 11 is 1.58. The van der Waals surface area contributed by atoms with Gasteiger partial charge in [-0.15, -0.1) is 11.3 Å². The van der Waals surface area contributed by atoms with E-state index in [1.807, 2.05) is 57.5 Å². The molecule has 0 spiro atoms. The minimum absolute atomic E-state index is 0.0197. The van der Waals surface area contributed by atoms with Gasteiger partial charge in [0, 0.05) is 32.4 Å². The summed E-state index contributed by atoms with van der Waals surface area (Å²) in [5.41, 5.74) is 4.12. The van der Waals surface area contributed by atoms with E-state index in [9.17, 15) is 24.3 Å². The van der Waals surface area contributed by atoms with E-state index in [0.29, 0.717) is 12.8 Å². The molecule has 10 nitrogen and oxygen atoms in total. The van der Waals surface area contributed by atoms with Crippen molar-refractivity contribution in [1.82, 2.24) is 20.5 Å². The van der Waals surface area contributed by atoms with Crippen molar-refractivity contribution >= 4 is 35.0 Å². The van der Waals surface area contributed by atoms with E-state index in [0.717, 1.165) is 34.5 Å². The normalized spacial score (nSPS) is 17.7. The summed E-state index contributed by atoms with van der Waals surface area (Å²) in [5, 5.41) is 24.9. The number of carboxylic acids is 1. The van der Waals surface area contributed by atoms with Crippen LogP contribution in [-0.4, -0.2) is 68.5 Å². The van der Waals surface area contributed by atoms with Gasteiger partial charge in [-0.3, -0.25) is 19.2 Å². The number of nitrogens with zero attached hydrogens (tertiary/aromatic N) is 2. The number of aryl methyl sites for hydroxylation is 1. The topological polar surface area (TPSA) is 149 Å². The lowest BCUT2D eigenvalue weighted by Gasteiger charge is -2.35.